The van der Waals surface area contributed by atoms with Crippen molar-refractivity contribution in [1.29, 1.82) is 0 Å². The number of carbonyl (C=O) groups excluding carboxylic acids is 1. The van der Waals surface area contributed by atoms with Crippen molar-refractivity contribution >= 4 is 5.91 Å². The largest absolute Gasteiger partial charge is 0.328 e. The van der Waals surface area contributed by atoms with E-state index in [1.807, 2.05) is 28.9 Å². The van der Waals surface area contributed by atoms with Gasteiger partial charge in [0.05, 0.1) is 23.5 Å². The van der Waals surface area contributed by atoms with Crippen LogP contribution in [0.25, 0.3) is 0 Å². The maximum Gasteiger partial charge on any atom is 0.257 e. The summed E-state index contributed by atoms with van der Waals surface area (Å²) < 4.78 is 1.85. The van der Waals surface area contributed by atoms with E-state index < -0.39 is 0 Å². The molecule has 0 aromatic carbocycles. The third kappa shape index (κ3) is 3.32. The van der Waals surface area contributed by atoms with Crippen LogP contribution in [0.2, 0.25) is 0 Å². The lowest BCUT2D eigenvalue weighted by atomic mass is 10.1. The van der Waals surface area contributed by atoms with Gasteiger partial charge >= 0.3 is 0 Å². The highest BCUT2D eigenvalue weighted by molar-refractivity contribution is 5.95. The number of aryl methyl sites for hydroxylation is 2. The highest BCUT2D eigenvalue weighted by Gasteiger charge is 2.28. The summed E-state index contributed by atoms with van der Waals surface area (Å²) in [6.45, 7) is 10.3. The lowest BCUT2D eigenvalue weighted by Gasteiger charge is -2.14. The Morgan fingerprint density at radius 2 is 2.12 bits per heavy atom. The molecule has 6 heteroatoms. The Labute approximate surface area is 142 Å². The van der Waals surface area contributed by atoms with Gasteiger partial charge in [-0.3, -0.25) is 9.48 Å². The van der Waals surface area contributed by atoms with Crippen LogP contribution >= 0.6 is 0 Å². The Bertz CT molecular complexity index is 750. The van der Waals surface area contributed by atoms with E-state index in [-0.39, 0.29) is 5.91 Å². The number of rotatable bonds is 5. The van der Waals surface area contributed by atoms with E-state index in [9.17, 15) is 4.79 Å². The van der Waals surface area contributed by atoms with Crippen LogP contribution < -0.4 is 0 Å². The van der Waals surface area contributed by atoms with Gasteiger partial charge in [0.1, 0.15) is 5.82 Å². The zero-order chi connectivity index (χ0) is 17.3. The number of amides is 1. The highest BCUT2D eigenvalue weighted by Crippen LogP contribution is 2.23. The van der Waals surface area contributed by atoms with Crippen molar-refractivity contribution in [2.45, 2.75) is 60.2 Å². The van der Waals surface area contributed by atoms with Crippen LogP contribution in [0.4, 0.5) is 0 Å². The first-order chi connectivity index (χ1) is 11.5. The van der Waals surface area contributed by atoms with Gasteiger partial charge in [0.15, 0.2) is 0 Å². The molecule has 1 aliphatic rings. The van der Waals surface area contributed by atoms with Crippen molar-refractivity contribution in [2.24, 2.45) is 5.92 Å². The second-order valence-electron chi connectivity index (χ2n) is 6.91. The summed E-state index contributed by atoms with van der Waals surface area (Å²) in [5.74, 6) is 1.41. The van der Waals surface area contributed by atoms with Gasteiger partial charge in [-0.05, 0) is 19.3 Å². The lowest BCUT2D eigenvalue weighted by Crippen LogP contribution is -2.25. The van der Waals surface area contributed by atoms with Gasteiger partial charge in [0.25, 0.3) is 5.91 Å². The standard InChI is InChI=1S/C18H25N5O/c1-5-6-23-10-15(13(4)21-23)18(24)22-9-14-8-19-17(7-12(2)3)20-16(14)11-22/h8,10,12H,5-7,9,11H2,1-4H3. The first-order valence-corrected chi connectivity index (χ1v) is 8.65. The molecule has 128 valence electrons. The second-order valence-corrected chi connectivity index (χ2v) is 6.91. The predicted molar refractivity (Wildman–Crippen MR) is 91.4 cm³/mol. The van der Waals surface area contributed by atoms with Crippen molar-refractivity contribution in [2.75, 3.05) is 0 Å². The molecular weight excluding hydrogens is 302 g/mol. The summed E-state index contributed by atoms with van der Waals surface area (Å²) in [7, 11) is 0. The molecule has 0 spiro atoms. The third-order valence-electron chi connectivity index (χ3n) is 4.21. The second kappa shape index (κ2) is 6.71. The van der Waals surface area contributed by atoms with Crippen LogP contribution in [0.15, 0.2) is 12.4 Å². The van der Waals surface area contributed by atoms with E-state index in [0.29, 0.717) is 24.6 Å². The summed E-state index contributed by atoms with van der Waals surface area (Å²) in [5.41, 5.74) is 3.50. The fraction of sp³-hybridized carbons (Fsp3) is 0.556. The topological polar surface area (TPSA) is 63.9 Å². The predicted octanol–water partition coefficient (Wildman–Crippen LogP) is 2.75. The van der Waals surface area contributed by atoms with Gasteiger partial charge in [-0.25, -0.2) is 9.97 Å². The van der Waals surface area contributed by atoms with E-state index in [1.54, 1.807) is 0 Å². The van der Waals surface area contributed by atoms with Gasteiger partial charge in [0.2, 0.25) is 0 Å². The zero-order valence-electron chi connectivity index (χ0n) is 14.9. The SMILES string of the molecule is CCCn1cc(C(=O)N2Cc3cnc(CC(C)C)nc3C2)c(C)n1. The Morgan fingerprint density at radius 1 is 1.33 bits per heavy atom. The van der Waals surface area contributed by atoms with Gasteiger partial charge < -0.3 is 4.90 Å². The lowest BCUT2D eigenvalue weighted by molar-refractivity contribution is 0.0749. The maximum absolute atomic E-state index is 12.8. The van der Waals surface area contributed by atoms with E-state index in [4.69, 9.17) is 0 Å². The van der Waals surface area contributed by atoms with Crippen molar-refractivity contribution < 1.29 is 4.79 Å². The van der Waals surface area contributed by atoms with E-state index in [0.717, 1.165) is 42.2 Å². The van der Waals surface area contributed by atoms with Crippen LogP contribution in [0.5, 0.6) is 0 Å². The number of fused-ring (bicyclic) bond motifs is 1. The van der Waals surface area contributed by atoms with Gasteiger partial charge in [0, 0.05) is 37.5 Å². The van der Waals surface area contributed by atoms with Gasteiger partial charge in [-0.1, -0.05) is 20.8 Å². The average Bonchev–Trinajstić information content (AvgIpc) is 3.09. The molecule has 0 bridgehead atoms. The molecule has 0 radical (unpaired) electrons. The van der Waals surface area contributed by atoms with Crippen molar-refractivity contribution in [1.82, 2.24) is 24.6 Å². The molecule has 1 aliphatic heterocycles. The first-order valence-electron chi connectivity index (χ1n) is 8.65. The van der Waals surface area contributed by atoms with Gasteiger partial charge in [-0.15, -0.1) is 0 Å². The van der Waals surface area contributed by atoms with Crippen LogP contribution in [0.1, 0.15) is 60.3 Å². The molecule has 1 amide bonds. The van der Waals surface area contributed by atoms with Gasteiger partial charge in [-0.2, -0.15) is 5.10 Å². The van der Waals surface area contributed by atoms with Crippen molar-refractivity contribution in [3.63, 3.8) is 0 Å². The number of aromatic nitrogens is 4. The van der Waals surface area contributed by atoms with E-state index in [2.05, 4.69) is 35.8 Å². The van der Waals surface area contributed by atoms with E-state index >= 15 is 0 Å². The monoisotopic (exact) mass is 327 g/mol. The van der Waals surface area contributed by atoms with Crippen LogP contribution in [-0.2, 0) is 26.1 Å². The van der Waals surface area contributed by atoms with E-state index in [1.165, 1.54) is 0 Å². The molecule has 6 nitrogen and oxygen atoms in total. The molecule has 3 heterocycles. The molecule has 0 N–H and O–H groups in total. The molecule has 2 aromatic rings. The molecule has 24 heavy (non-hydrogen) atoms. The number of hydrogen-bond acceptors (Lipinski definition) is 4. The maximum atomic E-state index is 12.8. The Morgan fingerprint density at radius 3 is 2.83 bits per heavy atom. The Kier molecular flexibility index (Phi) is 4.64. The molecule has 0 fully saturated rings. The minimum atomic E-state index is 0.0262. The third-order valence-corrected chi connectivity index (χ3v) is 4.21. The summed E-state index contributed by atoms with van der Waals surface area (Å²) in [5, 5.41) is 4.43. The molecule has 0 unspecified atom stereocenters. The smallest absolute Gasteiger partial charge is 0.257 e. The fourth-order valence-corrected chi connectivity index (χ4v) is 3.04. The molecule has 0 aliphatic carbocycles. The summed E-state index contributed by atoms with van der Waals surface area (Å²) in [6, 6.07) is 0. The highest BCUT2D eigenvalue weighted by atomic mass is 16.2. The summed E-state index contributed by atoms with van der Waals surface area (Å²) >= 11 is 0. The van der Waals surface area contributed by atoms with Crippen LogP contribution in [0, 0.1) is 12.8 Å². The van der Waals surface area contributed by atoms with Crippen LogP contribution in [0.3, 0.4) is 0 Å². The fourth-order valence-electron chi connectivity index (χ4n) is 3.04. The number of nitrogens with zero attached hydrogens (tertiary/aromatic N) is 5. The normalized spacial score (nSPS) is 13.6. The first kappa shape index (κ1) is 16.6. The number of carbonyl (C=O) groups is 1. The molecule has 2 aromatic heterocycles. The molecular formula is C18H25N5O. The van der Waals surface area contributed by atoms with Crippen molar-refractivity contribution in [3.8, 4) is 0 Å². The summed E-state index contributed by atoms with van der Waals surface area (Å²) in [6.07, 6.45) is 5.60. The minimum Gasteiger partial charge on any atom is -0.328 e. The summed E-state index contributed by atoms with van der Waals surface area (Å²) in [4.78, 5) is 23.8. The Hall–Kier alpha value is -2.24. The zero-order valence-corrected chi connectivity index (χ0v) is 14.9. The number of hydrogen-bond donors (Lipinski definition) is 0. The quantitative estimate of drug-likeness (QED) is 0.847. The Balaban J connectivity index is 1.76. The molecule has 3 rings (SSSR count). The molecule has 0 saturated carbocycles. The van der Waals surface area contributed by atoms with Crippen LogP contribution in [-0.4, -0.2) is 30.6 Å². The van der Waals surface area contributed by atoms with Crippen molar-refractivity contribution in [3.05, 3.63) is 40.7 Å². The minimum absolute atomic E-state index is 0.0262. The molecule has 0 saturated heterocycles. The molecule has 0 atom stereocenters. The average molecular weight is 327 g/mol.